The van der Waals surface area contributed by atoms with E-state index in [4.69, 9.17) is 0 Å². The molecule has 0 spiro atoms. The van der Waals surface area contributed by atoms with Crippen LogP contribution in [0.25, 0.3) is 22.2 Å². The first-order chi connectivity index (χ1) is 13.3. The molecule has 9 heteroatoms. The van der Waals surface area contributed by atoms with Crippen LogP contribution in [0.15, 0.2) is 30.3 Å². The molecule has 0 unspecified atom stereocenters. The number of aryl methyl sites for hydroxylation is 1. The second kappa shape index (κ2) is 6.66. The van der Waals surface area contributed by atoms with Crippen LogP contribution in [0.2, 0.25) is 0 Å². The fourth-order valence-corrected chi connectivity index (χ4v) is 3.51. The number of aromatic nitrogens is 2. The van der Waals surface area contributed by atoms with E-state index in [0.29, 0.717) is 23.0 Å². The van der Waals surface area contributed by atoms with Gasteiger partial charge in [-0.05, 0) is 30.3 Å². The minimum Gasteiger partial charge on any atom is -0.505 e. The number of phenolic OH excluding ortho intramolecular Hbond substituents is 1. The number of alkyl halides is 3. The lowest BCUT2D eigenvalue weighted by molar-refractivity contribution is -0.137. The number of hydrogen-bond acceptors (Lipinski definition) is 4. The molecule has 148 valence electrons. The van der Waals surface area contributed by atoms with Crippen LogP contribution in [0, 0.1) is 5.82 Å². The standard InChI is InChI=1S/C19H18F4N4O/c1-26-15-10-12(27-6-4-24-5-7-27)2-3-13(15)18(25-26)14-8-11(19(21,22)23)9-16(28)17(14)20/h2-3,8-10,24,28H,4-7H2,1H3. The van der Waals surface area contributed by atoms with Gasteiger partial charge in [0.05, 0.1) is 11.1 Å². The molecule has 1 aliphatic heterocycles. The minimum atomic E-state index is -4.71. The SMILES string of the molecule is Cn1nc(-c2cc(C(F)(F)F)cc(O)c2F)c2ccc(N3CCNCC3)cc21. The molecule has 2 aromatic carbocycles. The van der Waals surface area contributed by atoms with Gasteiger partial charge >= 0.3 is 6.18 Å². The first-order valence-corrected chi connectivity index (χ1v) is 8.78. The van der Waals surface area contributed by atoms with E-state index in [1.54, 1.807) is 13.1 Å². The van der Waals surface area contributed by atoms with Crippen molar-refractivity contribution >= 4 is 16.6 Å². The number of piperazine rings is 1. The highest BCUT2D eigenvalue weighted by Gasteiger charge is 2.33. The van der Waals surface area contributed by atoms with E-state index in [2.05, 4.69) is 15.3 Å². The van der Waals surface area contributed by atoms with Crippen LogP contribution in [0.4, 0.5) is 23.2 Å². The van der Waals surface area contributed by atoms with Crippen LogP contribution in [0.1, 0.15) is 5.56 Å². The number of phenols is 1. The van der Waals surface area contributed by atoms with Gasteiger partial charge in [0.25, 0.3) is 0 Å². The summed E-state index contributed by atoms with van der Waals surface area (Å²) in [5.74, 6) is -2.18. The van der Waals surface area contributed by atoms with Crippen LogP contribution in [-0.4, -0.2) is 41.1 Å². The van der Waals surface area contributed by atoms with E-state index in [1.165, 1.54) is 4.68 Å². The Balaban J connectivity index is 1.85. The Labute approximate surface area is 158 Å². The highest BCUT2D eigenvalue weighted by molar-refractivity contribution is 5.95. The van der Waals surface area contributed by atoms with Gasteiger partial charge in [-0.3, -0.25) is 4.68 Å². The van der Waals surface area contributed by atoms with Gasteiger partial charge in [-0.2, -0.15) is 18.3 Å². The maximum Gasteiger partial charge on any atom is 0.416 e. The topological polar surface area (TPSA) is 53.3 Å². The van der Waals surface area contributed by atoms with Crippen molar-refractivity contribution in [1.82, 2.24) is 15.1 Å². The van der Waals surface area contributed by atoms with Crippen LogP contribution >= 0.6 is 0 Å². The molecule has 0 atom stereocenters. The van der Waals surface area contributed by atoms with Gasteiger partial charge in [0, 0.05) is 49.9 Å². The first kappa shape index (κ1) is 18.5. The van der Waals surface area contributed by atoms with Gasteiger partial charge < -0.3 is 15.3 Å². The second-order valence-electron chi connectivity index (χ2n) is 6.77. The molecule has 1 aromatic heterocycles. The number of nitrogens with one attached hydrogen (secondary N) is 1. The molecule has 1 aliphatic rings. The normalized spacial score (nSPS) is 15.4. The van der Waals surface area contributed by atoms with E-state index in [1.807, 2.05) is 12.1 Å². The number of anilines is 1. The molecule has 4 rings (SSSR count). The van der Waals surface area contributed by atoms with Crippen molar-refractivity contribution in [2.45, 2.75) is 6.18 Å². The number of hydrogen-bond donors (Lipinski definition) is 2. The summed E-state index contributed by atoms with van der Waals surface area (Å²) < 4.78 is 55.3. The lowest BCUT2D eigenvalue weighted by Crippen LogP contribution is -2.43. The molecule has 0 radical (unpaired) electrons. The van der Waals surface area contributed by atoms with Crippen LogP contribution in [-0.2, 0) is 13.2 Å². The van der Waals surface area contributed by atoms with Crippen molar-refractivity contribution in [3.8, 4) is 17.0 Å². The van der Waals surface area contributed by atoms with Crippen LogP contribution < -0.4 is 10.2 Å². The highest BCUT2D eigenvalue weighted by Crippen LogP contribution is 2.39. The van der Waals surface area contributed by atoms with Crippen LogP contribution in [0.5, 0.6) is 5.75 Å². The van der Waals surface area contributed by atoms with Crippen LogP contribution in [0.3, 0.4) is 0 Å². The summed E-state index contributed by atoms with van der Waals surface area (Å²) >= 11 is 0. The molecular formula is C19H18F4N4O. The molecule has 2 N–H and O–H groups in total. The summed E-state index contributed by atoms with van der Waals surface area (Å²) in [7, 11) is 1.65. The summed E-state index contributed by atoms with van der Waals surface area (Å²) in [6, 6.07) is 6.53. The van der Waals surface area contributed by atoms with Crippen molar-refractivity contribution in [2.75, 3.05) is 31.1 Å². The van der Waals surface area contributed by atoms with Gasteiger partial charge in [0.15, 0.2) is 11.6 Å². The molecule has 0 amide bonds. The monoisotopic (exact) mass is 394 g/mol. The van der Waals surface area contributed by atoms with Crippen molar-refractivity contribution in [1.29, 1.82) is 0 Å². The van der Waals surface area contributed by atoms with Crippen molar-refractivity contribution in [3.63, 3.8) is 0 Å². The summed E-state index contributed by atoms with van der Waals surface area (Å²) in [4.78, 5) is 2.19. The molecule has 1 fully saturated rings. The van der Waals surface area contributed by atoms with Gasteiger partial charge in [-0.1, -0.05) is 0 Å². The van der Waals surface area contributed by atoms with E-state index < -0.39 is 23.3 Å². The minimum absolute atomic E-state index is 0.0586. The Hall–Kier alpha value is -2.81. The summed E-state index contributed by atoms with van der Waals surface area (Å²) in [6.45, 7) is 3.41. The molecule has 0 bridgehead atoms. The van der Waals surface area contributed by atoms with E-state index in [0.717, 1.165) is 31.9 Å². The Kier molecular flexibility index (Phi) is 4.41. The molecule has 0 saturated carbocycles. The van der Waals surface area contributed by atoms with E-state index in [9.17, 15) is 22.7 Å². The number of aromatic hydroxyl groups is 1. The average Bonchev–Trinajstić information content (AvgIpc) is 3.00. The maximum atomic E-state index is 14.5. The average molecular weight is 394 g/mol. The zero-order valence-electron chi connectivity index (χ0n) is 15.0. The zero-order chi connectivity index (χ0) is 20.1. The van der Waals surface area contributed by atoms with Crippen molar-refractivity contribution < 1.29 is 22.7 Å². The van der Waals surface area contributed by atoms with E-state index >= 15 is 0 Å². The Bertz CT molecular complexity index is 1040. The smallest absolute Gasteiger partial charge is 0.416 e. The maximum absolute atomic E-state index is 14.5. The quantitative estimate of drug-likeness (QED) is 0.654. The van der Waals surface area contributed by atoms with Crippen molar-refractivity contribution in [3.05, 3.63) is 41.7 Å². The van der Waals surface area contributed by atoms with Gasteiger partial charge in [0.1, 0.15) is 5.69 Å². The summed E-state index contributed by atoms with van der Waals surface area (Å²) in [5, 5.41) is 17.7. The number of benzene rings is 2. The van der Waals surface area contributed by atoms with E-state index in [-0.39, 0.29) is 11.3 Å². The molecule has 3 aromatic rings. The first-order valence-electron chi connectivity index (χ1n) is 8.78. The van der Waals surface area contributed by atoms with Gasteiger partial charge in [-0.15, -0.1) is 0 Å². The third-order valence-corrected chi connectivity index (χ3v) is 4.95. The molecular weight excluding hydrogens is 376 g/mol. The highest BCUT2D eigenvalue weighted by atomic mass is 19.4. The van der Waals surface area contributed by atoms with Gasteiger partial charge in [0.2, 0.25) is 0 Å². The lowest BCUT2D eigenvalue weighted by atomic mass is 10.0. The Morgan fingerprint density at radius 2 is 1.82 bits per heavy atom. The summed E-state index contributed by atoms with van der Waals surface area (Å²) in [6.07, 6.45) is -4.71. The fraction of sp³-hybridized carbons (Fsp3) is 0.316. The Morgan fingerprint density at radius 3 is 2.50 bits per heavy atom. The third-order valence-electron chi connectivity index (χ3n) is 4.95. The molecule has 0 aliphatic carbocycles. The summed E-state index contributed by atoms with van der Waals surface area (Å²) in [5.41, 5.74) is 0.187. The predicted octanol–water partition coefficient (Wildman–Crippen LogP) is 3.51. The second-order valence-corrected chi connectivity index (χ2v) is 6.77. The number of nitrogens with zero attached hydrogens (tertiary/aromatic N) is 3. The lowest BCUT2D eigenvalue weighted by Gasteiger charge is -2.29. The molecule has 5 nitrogen and oxygen atoms in total. The molecule has 2 heterocycles. The third kappa shape index (κ3) is 3.15. The number of rotatable bonds is 2. The van der Waals surface area contributed by atoms with Gasteiger partial charge in [-0.25, -0.2) is 4.39 Å². The fourth-order valence-electron chi connectivity index (χ4n) is 3.51. The number of fused-ring (bicyclic) bond motifs is 1. The zero-order valence-corrected chi connectivity index (χ0v) is 15.0. The predicted molar refractivity (Wildman–Crippen MR) is 97.9 cm³/mol. The molecule has 28 heavy (non-hydrogen) atoms. The van der Waals surface area contributed by atoms with Crippen molar-refractivity contribution in [2.24, 2.45) is 7.05 Å². The molecule has 1 saturated heterocycles. The Morgan fingerprint density at radius 1 is 1.11 bits per heavy atom. The largest absolute Gasteiger partial charge is 0.505 e. The number of halogens is 4.